The van der Waals surface area contributed by atoms with Gasteiger partial charge in [0.1, 0.15) is 0 Å². The second-order valence-corrected chi connectivity index (χ2v) is 7.66. The summed E-state index contributed by atoms with van der Waals surface area (Å²) in [6.45, 7) is 6.69. The fourth-order valence-corrected chi connectivity index (χ4v) is 3.48. The first-order valence-corrected chi connectivity index (χ1v) is 10.3. The number of hydrogen-bond donors (Lipinski definition) is 2. The Balaban J connectivity index is 0.000000235. The lowest BCUT2D eigenvalue weighted by Gasteiger charge is -2.37. The lowest BCUT2D eigenvalue weighted by atomic mass is 9.95. The third-order valence-electron chi connectivity index (χ3n) is 5.38. The van der Waals surface area contributed by atoms with Crippen LogP contribution in [0.5, 0.6) is 0 Å². The number of ketones is 1. The molecule has 2 atom stereocenters. The van der Waals surface area contributed by atoms with Crippen molar-refractivity contribution in [3.05, 3.63) is 47.0 Å². The van der Waals surface area contributed by atoms with Gasteiger partial charge < -0.3 is 19.7 Å². The molecule has 1 aromatic carbocycles. The molecule has 0 aliphatic carbocycles. The first kappa shape index (κ1) is 25.4. The van der Waals surface area contributed by atoms with Gasteiger partial charge in [0.2, 0.25) is 0 Å². The molecule has 2 N–H and O–H groups in total. The Morgan fingerprint density at radius 2 is 2.03 bits per heavy atom. The maximum Gasteiger partial charge on any atom is 0.435 e. The number of halogens is 3. The highest BCUT2D eigenvalue weighted by Crippen LogP contribution is 2.30. The number of carboxylic acids is 1. The van der Waals surface area contributed by atoms with Crippen molar-refractivity contribution in [2.45, 2.75) is 45.9 Å². The molecule has 176 valence electrons. The molecule has 0 unspecified atom stereocenters. The minimum Gasteiger partial charge on any atom is -0.478 e. The topological polar surface area (TPSA) is 95.5 Å². The van der Waals surface area contributed by atoms with Crippen LogP contribution in [-0.4, -0.2) is 53.1 Å². The zero-order chi connectivity index (χ0) is 24.1. The number of benzene rings is 1. The number of aromatic carboxylic acids is 1. The maximum atomic E-state index is 12.3. The molecule has 1 saturated heterocycles. The van der Waals surface area contributed by atoms with E-state index in [-0.39, 0.29) is 24.0 Å². The summed E-state index contributed by atoms with van der Waals surface area (Å²) >= 11 is 0. The standard InChI is InChI=1S/C14H19NO3.C8H9F3N2O/c1-10-6-7-15(9-13(10)18-2)12-5-3-4-11(8-12)14(16)17;1-3-5-6(8(9,10)11)13-7(12-5)4(2)14/h3-5,8,10,13H,6-7,9H2,1-2H3,(H,16,17);3H2,1-2H3,(H,12,13)/t10-,13+;/m1./s1. The molecular weight excluding hydrogens is 427 g/mol. The minimum atomic E-state index is -4.50. The number of carboxylic acid groups (broad SMARTS) is 1. The van der Waals surface area contributed by atoms with Crippen molar-refractivity contribution >= 4 is 17.4 Å². The van der Waals surface area contributed by atoms with Crippen LogP contribution in [-0.2, 0) is 17.3 Å². The monoisotopic (exact) mass is 455 g/mol. The summed E-state index contributed by atoms with van der Waals surface area (Å²) in [5, 5.41) is 9.00. The van der Waals surface area contributed by atoms with Crippen LogP contribution in [0.15, 0.2) is 24.3 Å². The number of methoxy groups -OCH3 is 1. The Kier molecular flexibility index (Phi) is 8.43. The Morgan fingerprint density at radius 1 is 1.34 bits per heavy atom. The van der Waals surface area contributed by atoms with Crippen LogP contribution >= 0.6 is 0 Å². The molecule has 1 aromatic heterocycles. The van der Waals surface area contributed by atoms with Crippen molar-refractivity contribution in [1.29, 1.82) is 0 Å². The van der Waals surface area contributed by atoms with Crippen molar-refractivity contribution in [2.24, 2.45) is 5.92 Å². The molecule has 0 amide bonds. The number of aromatic amines is 1. The van der Waals surface area contributed by atoms with E-state index < -0.39 is 23.6 Å². The van der Waals surface area contributed by atoms with Crippen LogP contribution in [0, 0.1) is 5.92 Å². The Bertz CT molecular complexity index is 943. The number of hydrogen-bond acceptors (Lipinski definition) is 5. The van der Waals surface area contributed by atoms with Gasteiger partial charge in [-0.1, -0.05) is 19.9 Å². The average molecular weight is 455 g/mol. The number of ether oxygens (including phenoxy) is 1. The average Bonchev–Trinajstić information content (AvgIpc) is 3.20. The highest BCUT2D eigenvalue weighted by molar-refractivity contribution is 5.90. The molecule has 10 heteroatoms. The smallest absolute Gasteiger partial charge is 0.435 e. The van der Waals surface area contributed by atoms with Gasteiger partial charge in [0.25, 0.3) is 0 Å². The van der Waals surface area contributed by atoms with Gasteiger partial charge in [0.05, 0.1) is 11.7 Å². The fraction of sp³-hybridized carbons (Fsp3) is 0.500. The first-order chi connectivity index (χ1) is 15.0. The van der Waals surface area contributed by atoms with Crippen molar-refractivity contribution < 1.29 is 32.6 Å². The quantitative estimate of drug-likeness (QED) is 0.648. The van der Waals surface area contributed by atoms with E-state index in [1.807, 2.05) is 6.07 Å². The highest BCUT2D eigenvalue weighted by Gasteiger charge is 2.37. The van der Waals surface area contributed by atoms with Gasteiger partial charge in [-0.05, 0) is 37.0 Å². The van der Waals surface area contributed by atoms with E-state index in [9.17, 15) is 22.8 Å². The van der Waals surface area contributed by atoms with E-state index in [1.54, 1.807) is 32.2 Å². The number of rotatable bonds is 5. The molecule has 0 spiro atoms. The summed E-state index contributed by atoms with van der Waals surface area (Å²) in [6.07, 6.45) is -3.06. The Morgan fingerprint density at radius 3 is 2.53 bits per heavy atom. The van der Waals surface area contributed by atoms with Gasteiger partial charge in [0.15, 0.2) is 17.3 Å². The van der Waals surface area contributed by atoms with Crippen molar-refractivity contribution in [3.8, 4) is 0 Å². The molecule has 7 nitrogen and oxygen atoms in total. The largest absolute Gasteiger partial charge is 0.478 e. The third-order valence-corrected chi connectivity index (χ3v) is 5.38. The number of piperidine rings is 1. The van der Waals surface area contributed by atoms with Gasteiger partial charge in [-0.2, -0.15) is 13.2 Å². The third kappa shape index (κ3) is 6.32. The fourth-order valence-electron chi connectivity index (χ4n) is 3.48. The number of H-pyrrole nitrogens is 1. The zero-order valence-electron chi connectivity index (χ0n) is 18.5. The van der Waals surface area contributed by atoms with Gasteiger partial charge >= 0.3 is 12.1 Å². The second kappa shape index (κ2) is 10.6. The Labute approximate surface area is 184 Å². The van der Waals surface area contributed by atoms with Crippen LogP contribution in [0.3, 0.4) is 0 Å². The summed E-state index contributed by atoms with van der Waals surface area (Å²) in [5.41, 5.74) is 0.247. The van der Waals surface area contributed by atoms with Crippen molar-refractivity contribution in [2.75, 3.05) is 25.1 Å². The lowest BCUT2D eigenvalue weighted by molar-refractivity contribution is -0.141. The van der Waals surface area contributed by atoms with Crippen molar-refractivity contribution in [1.82, 2.24) is 9.97 Å². The van der Waals surface area contributed by atoms with E-state index in [1.165, 1.54) is 6.92 Å². The number of nitrogens with zero attached hydrogens (tertiary/aromatic N) is 2. The molecule has 1 fully saturated rings. The van der Waals surface area contributed by atoms with E-state index in [0.717, 1.165) is 25.2 Å². The molecule has 32 heavy (non-hydrogen) atoms. The van der Waals surface area contributed by atoms with Crippen LogP contribution in [0.25, 0.3) is 0 Å². The number of anilines is 1. The Hall–Kier alpha value is -2.88. The normalized spacial score (nSPS) is 18.7. The van der Waals surface area contributed by atoms with Crippen LogP contribution in [0.1, 0.15) is 59.6 Å². The predicted octanol–water partition coefficient (Wildman–Crippen LogP) is 4.44. The van der Waals surface area contributed by atoms with Gasteiger partial charge in [-0.25, -0.2) is 9.78 Å². The number of nitrogens with one attached hydrogen (secondary N) is 1. The van der Waals surface area contributed by atoms with Crippen LogP contribution < -0.4 is 4.90 Å². The summed E-state index contributed by atoms with van der Waals surface area (Å²) in [7, 11) is 1.73. The number of carbonyl (C=O) groups is 2. The van der Waals surface area contributed by atoms with E-state index >= 15 is 0 Å². The molecular formula is C22H28F3N3O4. The number of imidazole rings is 1. The zero-order valence-corrected chi connectivity index (χ0v) is 18.5. The molecule has 2 aromatic rings. The summed E-state index contributed by atoms with van der Waals surface area (Å²) in [5.74, 6) is -1.08. The van der Waals surface area contributed by atoms with Gasteiger partial charge in [-0.3, -0.25) is 4.79 Å². The molecule has 1 aliphatic rings. The molecule has 0 bridgehead atoms. The summed E-state index contributed by atoms with van der Waals surface area (Å²) in [6, 6.07) is 7.09. The second-order valence-electron chi connectivity index (χ2n) is 7.66. The van der Waals surface area contributed by atoms with E-state index in [0.29, 0.717) is 11.5 Å². The number of aromatic nitrogens is 2. The molecule has 0 saturated carbocycles. The van der Waals surface area contributed by atoms with Crippen molar-refractivity contribution in [3.63, 3.8) is 0 Å². The highest BCUT2D eigenvalue weighted by atomic mass is 19.4. The molecule has 2 heterocycles. The molecule has 0 radical (unpaired) electrons. The first-order valence-electron chi connectivity index (χ1n) is 10.3. The molecule has 1 aliphatic heterocycles. The summed E-state index contributed by atoms with van der Waals surface area (Å²) < 4.78 is 42.4. The summed E-state index contributed by atoms with van der Waals surface area (Å²) in [4.78, 5) is 29.5. The lowest BCUT2D eigenvalue weighted by Crippen LogP contribution is -2.43. The van der Waals surface area contributed by atoms with Gasteiger partial charge in [0, 0.05) is 38.5 Å². The SMILES string of the molecule is CCc1[nH]c(C(C)=O)nc1C(F)(F)F.CO[C@H]1CN(c2cccc(C(=O)O)c2)CC[C@H]1C. The maximum absolute atomic E-state index is 12.3. The van der Waals surface area contributed by atoms with Gasteiger partial charge in [-0.15, -0.1) is 0 Å². The number of carbonyl (C=O) groups excluding carboxylic acids is 1. The van der Waals surface area contributed by atoms with E-state index in [2.05, 4.69) is 21.8 Å². The predicted molar refractivity (Wildman–Crippen MR) is 113 cm³/mol. The van der Waals surface area contributed by atoms with Crippen LogP contribution in [0.4, 0.5) is 18.9 Å². The number of aryl methyl sites for hydroxylation is 1. The van der Waals surface area contributed by atoms with Crippen LogP contribution in [0.2, 0.25) is 0 Å². The number of Topliss-reactive ketones (excluding diaryl/α,β-unsaturated/α-hetero) is 1. The number of alkyl halides is 3. The molecule has 3 rings (SSSR count). The van der Waals surface area contributed by atoms with E-state index in [4.69, 9.17) is 9.84 Å². The minimum absolute atomic E-state index is 0.0531.